The Labute approximate surface area is 173 Å². The monoisotopic (exact) mass is 411 g/mol. The molecule has 0 N–H and O–H groups in total. The van der Waals surface area contributed by atoms with E-state index in [0.717, 1.165) is 0 Å². The Hall–Kier alpha value is -2.57. The third-order valence-electron chi connectivity index (χ3n) is 5.39. The van der Waals surface area contributed by atoms with Crippen LogP contribution in [0.15, 0.2) is 48.5 Å². The molecule has 6 heteroatoms. The molecule has 1 aliphatic heterocycles. The van der Waals surface area contributed by atoms with Gasteiger partial charge in [0.05, 0.1) is 5.57 Å². The maximum absolute atomic E-state index is 13.4. The summed E-state index contributed by atoms with van der Waals surface area (Å²) in [6, 6.07) is 13.9. The highest BCUT2D eigenvalue weighted by molar-refractivity contribution is 7.78. The van der Waals surface area contributed by atoms with Gasteiger partial charge in [0.1, 0.15) is 5.76 Å². The van der Waals surface area contributed by atoms with E-state index in [1.165, 1.54) is 6.92 Å². The zero-order chi connectivity index (χ0) is 21.2. The largest absolute Gasteiger partial charge is 0.772 e. The molecule has 0 aromatic heterocycles. The van der Waals surface area contributed by atoms with Crippen molar-refractivity contribution in [2.24, 2.45) is 0 Å². The molecule has 1 heterocycles. The SMILES string of the molecule is CCC1(CC)OC(c2ccc(CS(=O)[O-])cc2)=C(c2ccc(C(C)=O)cc2)C1=O. The molecule has 1 aliphatic rings. The lowest BCUT2D eigenvalue weighted by Gasteiger charge is -2.25. The van der Waals surface area contributed by atoms with Crippen molar-refractivity contribution in [1.82, 2.24) is 0 Å². The summed E-state index contributed by atoms with van der Waals surface area (Å²) in [6.07, 6.45) is 1.07. The molecule has 0 radical (unpaired) electrons. The maximum Gasteiger partial charge on any atom is 0.210 e. The van der Waals surface area contributed by atoms with Crippen LogP contribution in [-0.4, -0.2) is 25.9 Å². The van der Waals surface area contributed by atoms with E-state index in [1.54, 1.807) is 48.5 Å². The van der Waals surface area contributed by atoms with Crippen LogP contribution in [0.4, 0.5) is 0 Å². The van der Waals surface area contributed by atoms with Crippen molar-refractivity contribution in [2.75, 3.05) is 0 Å². The topological polar surface area (TPSA) is 83.5 Å². The van der Waals surface area contributed by atoms with Crippen LogP contribution in [0.1, 0.15) is 60.7 Å². The number of Topliss-reactive ketones (excluding diaryl/α,β-unsaturated/α-hetero) is 2. The number of ketones is 2. The predicted octanol–water partition coefficient (Wildman–Crippen LogP) is 4.29. The van der Waals surface area contributed by atoms with Crippen LogP contribution in [0.5, 0.6) is 0 Å². The van der Waals surface area contributed by atoms with Crippen LogP contribution < -0.4 is 0 Å². The van der Waals surface area contributed by atoms with E-state index < -0.39 is 16.7 Å². The van der Waals surface area contributed by atoms with Crippen molar-refractivity contribution in [2.45, 2.75) is 45.0 Å². The molecule has 152 valence electrons. The fraction of sp³-hybridized carbons (Fsp3) is 0.304. The Morgan fingerprint density at radius 3 is 2.03 bits per heavy atom. The minimum atomic E-state index is -2.16. The van der Waals surface area contributed by atoms with Gasteiger partial charge in [-0.05, 0) is 30.9 Å². The number of rotatable bonds is 7. The zero-order valence-electron chi connectivity index (χ0n) is 16.7. The van der Waals surface area contributed by atoms with Crippen molar-refractivity contribution in [1.29, 1.82) is 0 Å². The van der Waals surface area contributed by atoms with Gasteiger partial charge in [-0.15, -0.1) is 0 Å². The summed E-state index contributed by atoms with van der Waals surface area (Å²) in [5.74, 6) is 0.316. The summed E-state index contributed by atoms with van der Waals surface area (Å²) in [5.41, 5.74) is 2.23. The normalized spacial score (nSPS) is 16.6. The van der Waals surface area contributed by atoms with Gasteiger partial charge in [0, 0.05) is 16.9 Å². The van der Waals surface area contributed by atoms with Gasteiger partial charge in [-0.2, -0.15) is 0 Å². The second-order valence-corrected chi connectivity index (χ2v) is 8.01. The summed E-state index contributed by atoms with van der Waals surface area (Å²) < 4.78 is 28.1. The molecule has 0 bridgehead atoms. The molecular formula is C23H23O5S-. The molecule has 29 heavy (non-hydrogen) atoms. The van der Waals surface area contributed by atoms with E-state index in [4.69, 9.17) is 4.74 Å². The first-order valence-corrected chi connectivity index (χ1v) is 10.8. The Morgan fingerprint density at radius 2 is 1.55 bits per heavy atom. The van der Waals surface area contributed by atoms with Gasteiger partial charge in [-0.3, -0.25) is 13.8 Å². The number of hydrogen-bond acceptors (Lipinski definition) is 5. The minimum absolute atomic E-state index is 0.0393. The number of hydrogen-bond donors (Lipinski definition) is 0. The van der Waals surface area contributed by atoms with Crippen LogP contribution in [0.25, 0.3) is 11.3 Å². The van der Waals surface area contributed by atoms with Gasteiger partial charge in [-0.1, -0.05) is 73.5 Å². The van der Waals surface area contributed by atoms with E-state index >= 15 is 0 Å². The van der Waals surface area contributed by atoms with Crippen LogP contribution in [0, 0.1) is 0 Å². The van der Waals surface area contributed by atoms with Crippen molar-refractivity contribution < 1.29 is 23.1 Å². The van der Waals surface area contributed by atoms with E-state index in [2.05, 4.69) is 0 Å². The molecule has 2 aromatic carbocycles. The van der Waals surface area contributed by atoms with Gasteiger partial charge in [0.25, 0.3) is 0 Å². The molecule has 0 saturated heterocycles. The predicted molar refractivity (Wildman–Crippen MR) is 112 cm³/mol. The summed E-state index contributed by atoms with van der Waals surface area (Å²) >= 11 is -2.16. The second-order valence-electron chi connectivity index (χ2n) is 7.12. The van der Waals surface area contributed by atoms with Crippen molar-refractivity contribution in [3.8, 4) is 0 Å². The standard InChI is InChI=1S/C23H24O5S/c1-4-23(5-2)22(25)20(18-12-10-17(11-13-18)15(3)24)21(28-23)19-8-6-16(7-9-19)14-29(26)27/h6-13H,4-5,14H2,1-3H3,(H,26,27)/p-1. The Balaban J connectivity index is 2.10. The van der Waals surface area contributed by atoms with Gasteiger partial charge < -0.3 is 9.29 Å². The highest BCUT2D eigenvalue weighted by atomic mass is 32.2. The molecular weight excluding hydrogens is 388 g/mol. The van der Waals surface area contributed by atoms with E-state index in [-0.39, 0.29) is 17.3 Å². The summed E-state index contributed by atoms with van der Waals surface area (Å²) in [7, 11) is 0. The van der Waals surface area contributed by atoms with Crippen molar-refractivity contribution >= 4 is 34.0 Å². The fourth-order valence-electron chi connectivity index (χ4n) is 3.56. The molecule has 1 atom stereocenters. The molecule has 0 spiro atoms. The van der Waals surface area contributed by atoms with Crippen LogP contribution in [-0.2, 0) is 26.4 Å². The molecule has 0 fully saturated rings. The quantitative estimate of drug-likeness (QED) is 0.501. The molecule has 5 nitrogen and oxygen atoms in total. The molecule has 0 saturated carbocycles. The second kappa shape index (κ2) is 8.43. The highest BCUT2D eigenvalue weighted by Crippen LogP contribution is 2.44. The molecule has 3 rings (SSSR count). The minimum Gasteiger partial charge on any atom is -0.772 e. The first kappa shape index (κ1) is 21.1. The Bertz CT molecular complexity index is 983. The highest BCUT2D eigenvalue weighted by Gasteiger charge is 2.47. The van der Waals surface area contributed by atoms with E-state index in [9.17, 15) is 18.4 Å². The number of carbonyl (C=O) groups excluding carboxylic acids is 2. The third-order valence-corrected chi connectivity index (χ3v) is 5.96. The summed E-state index contributed by atoms with van der Waals surface area (Å²) in [6.45, 7) is 5.35. The summed E-state index contributed by atoms with van der Waals surface area (Å²) in [4.78, 5) is 25.0. The molecule has 0 aliphatic carbocycles. The molecule has 1 unspecified atom stereocenters. The van der Waals surface area contributed by atoms with Gasteiger partial charge in [0.2, 0.25) is 5.78 Å². The van der Waals surface area contributed by atoms with E-state index in [1.807, 2.05) is 13.8 Å². The van der Waals surface area contributed by atoms with Gasteiger partial charge in [0.15, 0.2) is 11.4 Å². The van der Waals surface area contributed by atoms with Crippen molar-refractivity contribution in [3.63, 3.8) is 0 Å². The molecule has 0 amide bonds. The lowest BCUT2D eigenvalue weighted by Crippen LogP contribution is -2.35. The van der Waals surface area contributed by atoms with Crippen LogP contribution in [0.2, 0.25) is 0 Å². The lowest BCUT2D eigenvalue weighted by molar-refractivity contribution is -0.128. The average Bonchev–Trinajstić information content (AvgIpc) is 3.01. The van der Waals surface area contributed by atoms with Crippen LogP contribution in [0.3, 0.4) is 0 Å². The van der Waals surface area contributed by atoms with Crippen molar-refractivity contribution in [3.05, 3.63) is 70.8 Å². The lowest BCUT2D eigenvalue weighted by atomic mass is 9.86. The fourth-order valence-corrected chi connectivity index (χ4v) is 4.03. The smallest absolute Gasteiger partial charge is 0.210 e. The number of benzene rings is 2. The average molecular weight is 411 g/mol. The molecule has 2 aromatic rings. The first-order chi connectivity index (χ1) is 13.8. The Morgan fingerprint density at radius 1 is 1.00 bits per heavy atom. The summed E-state index contributed by atoms with van der Waals surface area (Å²) in [5, 5.41) is 0. The van der Waals surface area contributed by atoms with Gasteiger partial charge in [-0.25, -0.2) is 0 Å². The number of carbonyl (C=O) groups is 2. The maximum atomic E-state index is 13.4. The van der Waals surface area contributed by atoms with Gasteiger partial charge >= 0.3 is 0 Å². The van der Waals surface area contributed by atoms with E-state index in [0.29, 0.717) is 46.4 Å². The third kappa shape index (κ3) is 4.09. The zero-order valence-corrected chi connectivity index (χ0v) is 17.5. The first-order valence-electron chi connectivity index (χ1n) is 9.56. The number of ether oxygens (including phenoxy) is 1. The Kier molecular flexibility index (Phi) is 6.15. The van der Waals surface area contributed by atoms with Crippen LogP contribution >= 0.6 is 0 Å².